The summed E-state index contributed by atoms with van der Waals surface area (Å²) in [7, 11) is 0. The summed E-state index contributed by atoms with van der Waals surface area (Å²) in [6, 6.07) is 7.76. The van der Waals surface area contributed by atoms with Crippen molar-refractivity contribution in [3.8, 4) is 0 Å². The molecule has 3 aliphatic heterocycles. The van der Waals surface area contributed by atoms with Gasteiger partial charge in [-0.2, -0.15) is 0 Å². The average molecular weight is 605 g/mol. The normalized spacial score (nSPS) is 15.6. The first kappa shape index (κ1) is 32.1. The van der Waals surface area contributed by atoms with E-state index in [0.29, 0.717) is 16.9 Å². The van der Waals surface area contributed by atoms with Crippen molar-refractivity contribution >= 4 is 70.3 Å². The smallest absolute Gasteiger partial charge is 0.341 e. The number of nitrogens with two attached hydrogens (primary N) is 2. The third-order valence-electron chi connectivity index (χ3n) is 5.94. The molecule has 4 amide bonds. The number of imide groups is 2. The quantitative estimate of drug-likeness (QED) is 0.168. The van der Waals surface area contributed by atoms with Crippen LogP contribution < -0.4 is 21.3 Å². The molecule has 44 heavy (non-hydrogen) atoms. The number of nitrogen functional groups attached to an aromatic ring is 2. The van der Waals surface area contributed by atoms with Crippen LogP contribution in [-0.2, 0) is 33.5 Å². The number of aromatic carboxylic acids is 2. The van der Waals surface area contributed by atoms with Crippen LogP contribution in [0.2, 0.25) is 0 Å². The lowest BCUT2D eigenvalue weighted by Gasteiger charge is -2.20. The summed E-state index contributed by atoms with van der Waals surface area (Å²) in [6.07, 6.45) is 3.43. The number of nitrogens with zero attached hydrogens (tertiary/aromatic N) is 2. The Morgan fingerprint density at radius 3 is 1.30 bits per heavy atom. The Balaban J connectivity index is 0.000000227. The summed E-state index contributed by atoms with van der Waals surface area (Å²) >= 11 is 0. The van der Waals surface area contributed by atoms with E-state index in [1.807, 2.05) is 0 Å². The Hall–Kier alpha value is -6.38. The minimum Gasteiger partial charge on any atom is -0.478 e. The summed E-state index contributed by atoms with van der Waals surface area (Å²) in [5.41, 5.74) is 12.0. The molecule has 0 saturated carbocycles. The van der Waals surface area contributed by atoms with Gasteiger partial charge >= 0.3 is 23.9 Å². The number of hydrogen-bond acceptors (Lipinski definition) is 11. The molecule has 0 saturated heterocycles. The molecule has 0 bridgehead atoms. The van der Waals surface area contributed by atoms with Crippen LogP contribution in [0, 0.1) is 0 Å². The lowest BCUT2D eigenvalue weighted by Crippen LogP contribution is -2.33. The van der Waals surface area contributed by atoms with Crippen LogP contribution in [0.1, 0.15) is 41.5 Å². The number of carbonyl (C=O) groups excluding carboxylic acids is 6. The molecule has 0 aliphatic carbocycles. The van der Waals surface area contributed by atoms with Gasteiger partial charge in [-0.25, -0.2) is 29.0 Å². The van der Waals surface area contributed by atoms with E-state index < -0.39 is 47.5 Å². The first-order valence-corrected chi connectivity index (χ1v) is 12.4. The average Bonchev–Trinajstić information content (AvgIpc) is 3.47. The Bertz CT molecular complexity index is 1680. The summed E-state index contributed by atoms with van der Waals surface area (Å²) in [5, 5.41) is 17.8. The standard InChI is InChI=1S/C17H12N2O6.C7H8N2O2.C5H4O3/c1-8-3-13(20)18(15(8)22)11-5-10(17(24)25)6-12(7-11)19-14(21)4-9(2)16(19)23;8-5-1-4(7(10)11)2-6(9)3-5;1-3-2-4(6)8-5(3)7/h3-7H,1-2H3,(H,24,25);1-3H,8-9H2,(H,10,11);2H,1H3. The van der Waals surface area contributed by atoms with Gasteiger partial charge in [0, 0.05) is 46.3 Å². The van der Waals surface area contributed by atoms with E-state index in [-0.39, 0.29) is 33.6 Å². The van der Waals surface area contributed by atoms with E-state index >= 15 is 0 Å². The van der Waals surface area contributed by atoms with Crippen molar-refractivity contribution in [2.45, 2.75) is 20.8 Å². The molecular formula is C29H24N4O11. The molecule has 0 radical (unpaired) electrons. The van der Waals surface area contributed by atoms with Gasteiger partial charge in [0.1, 0.15) is 0 Å². The zero-order valence-electron chi connectivity index (χ0n) is 23.3. The van der Waals surface area contributed by atoms with Crippen LogP contribution in [0.3, 0.4) is 0 Å². The predicted molar refractivity (Wildman–Crippen MR) is 153 cm³/mol. The van der Waals surface area contributed by atoms with Gasteiger partial charge < -0.3 is 26.4 Å². The van der Waals surface area contributed by atoms with E-state index in [2.05, 4.69) is 4.74 Å². The molecule has 226 valence electrons. The topological polar surface area (TPSA) is 245 Å². The fourth-order valence-corrected chi connectivity index (χ4v) is 3.88. The van der Waals surface area contributed by atoms with E-state index in [9.17, 15) is 43.5 Å². The zero-order chi connectivity index (χ0) is 33.0. The lowest BCUT2D eigenvalue weighted by molar-refractivity contribution is -0.150. The van der Waals surface area contributed by atoms with Crippen molar-refractivity contribution in [2.24, 2.45) is 0 Å². The fraction of sp³-hybridized carbons (Fsp3) is 0.103. The van der Waals surface area contributed by atoms with Gasteiger partial charge in [0.05, 0.1) is 22.5 Å². The summed E-state index contributed by atoms with van der Waals surface area (Å²) in [6.45, 7) is 4.46. The molecule has 0 fully saturated rings. The van der Waals surface area contributed by atoms with Gasteiger partial charge in [0.15, 0.2) is 0 Å². The number of carboxylic acids is 2. The number of benzene rings is 2. The highest BCUT2D eigenvalue weighted by Crippen LogP contribution is 2.31. The molecule has 6 N–H and O–H groups in total. The molecule has 5 rings (SSSR count). The third-order valence-corrected chi connectivity index (χ3v) is 5.94. The van der Waals surface area contributed by atoms with Gasteiger partial charge in [-0.1, -0.05) is 0 Å². The first-order chi connectivity index (χ1) is 20.5. The Morgan fingerprint density at radius 1 is 0.614 bits per heavy atom. The number of hydrogen-bond donors (Lipinski definition) is 4. The zero-order valence-corrected chi connectivity index (χ0v) is 23.3. The number of ether oxygens (including phenoxy) is 1. The van der Waals surface area contributed by atoms with Gasteiger partial charge in [-0.05, 0) is 57.2 Å². The lowest BCUT2D eigenvalue weighted by atomic mass is 10.1. The van der Waals surface area contributed by atoms with Crippen LogP contribution in [0.5, 0.6) is 0 Å². The Morgan fingerprint density at radius 2 is 1.02 bits per heavy atom. The third kappa shape index (κ3) is 7.09. The van der Waals surface area contributed by atoms with E-state index in [0.717, 1.165) is 34.1 Å². The fourth-order valence-electron chi connectivity index (χ4n) is 3.88. The van der Waals surface area contributed by atoms with E-state index in [4.69, 9.17) is 16.6 Å². The maximum Gasteiger partial charge on any atom is 0.341 e. The number of cyclic esters (lactones) is 2. The summed E-state index contributed by atoms with van der Waals surface area (Å²) in [5.74, 6) is -5.87. The highest BCUT2D eigenvalue weighted by molar-refractivity contribution is 6.32. The van der Waals surface area contributed by atoms with Gasteiger partial charge in [0.2, 0.25) is 0 Å². The predicted octanol–water partition coefficient (Wildman–Crippen LogP) is 1.59. The second kappa shape index (κ2) is 12.6. The monoisotopic (exact) mass is 604 g/mol. The van der Waals surface area contributed by atoms with Crippen molar-refractivity contribution in [3.63, 3.8) is 0 Å². The molecule has 0 unspecified atom stereocenters. The van der Waals surface area contributed by atoms with Crippen LogP contribution in [-0.4, -0.2) is 57.7 Å². The molecule has 0 atom stereocenters. The minimum atomic E-state index is -1.32. The van der Waals surface area contributed by atoms with E-state index in [1.54, 1.807) is 0 Å². The molecule has 0 aromatic heterocycles. The van der Waals surface area contributed by atoms with Crippen molar-refractivity contribution in [1.29, 1.82) is 0 Å². The van der Waals surface area contributed by atoms with Crippen molar-refractivity contribution in [3.05, 3.63) is 82.5 Å². The van der Waals surface area contributed by atoms with Gasteiger partial charge in [-0.15, -0.1) is 0 Å². The van der Waals surface area contributed by atoms with Crippen LogP contribution >= 0.6 is 0 Å². The van der Waals surface area contributed by atoms with Crippen LogP contribution in [0.15, 0.2) is 71.3 Å². The van der Waals surface area contributed by atoms with Crippen LogP contribution in [0.25, 0.3) is 0 Å². The molecule has 0 spiro atoms. The summed E-state index contributed by atoms with van der Waals surface area (Å²) in [4.78, 5) is 92.1. The molecule has 3 aliphatic rings. The maximum atomic E-state index is 12.1. The Labute approximate surface area is 248 Å². The highest BCUT2D eigenvalue weighted by Gasteiger charge is 2.34. The number of carboxylic acid groups (broad SMARTS) is 2. The second-order valence-corrected chi connectivity index (χ2v) is 9.38. The molecule has 3 heterocycles. The minimum absolute atomic E-state index is 0.0249. The number of amides is 4. The Kier molecular flexibility index (Phi) is 9.24. The van der Waals surface area contributed by atoms with Crippen molar-refractivity contribution in [2.75, 3.05) is 21.3 Å². The number of esters is 2. The van der Waals surface area contributed by atoms with E-state index in [1.165, 1.54) is 51.1 Å². The number of anilines is 4. The molecule has 2 aromatic carbocycles. The molecule has 2 aromatic rings. The van der Waals surface area contributed by atoms with Crippen LogP contribution in [0.4, 0.5) is 22.7 Å². The molecule has 15 nitrogen and oxygen atoms in total. The number of rotatable bonds is 4. The molecule has 15 heteroatoms. The first-order valence-electron chi connectivity index (χ1n) is 12.4. The second-order valence-electron chi connectivity index (χ2n) is 9.38. The SMILES string of the molecule is CC1=CC(=O)N(c2cc(C(=O)O)cc(N3C(=O)C=C(C)C3=O)c2)C1=O.CC1=CC(=O)OC1=O.Nc1cc(N)cc(C(=O)O)c1. The largest absolute Gasteiger partial charge is 0.478 e. The van der Waals surface area contributed by atoms with Gasteiger partial charge in [0.25, 0.3) is 23.6 Å². The van der Waals surface area contributed by atoms with Crippen molar-refractivity contribution in [1.82, 2.24) is 0 Å². The molecular weight excluding hydrogens is 580 g/mol. The van der Waals surface area contributed by atoms with Crippen molar-refractivity contribution < 1.29 is 53.3 Å². The summed E-state index contributed by atoms with van der Waals surface area (Å²) < 4.78 is 4.10. The highest BCUT2D eigenvalue weighted by atomic mass is 16.6. The maximum absolute atomic E-state index is 12.1. The number of carbonyl (C=O) groups is 8. The van der Waals surface area contributed by atoms with Gasteiger partial charge in [-0.3, -0.25) is 19.2 Å².